The van der Waals surface area contributed by atoms with Gasteiger partial charge >= 0.3 is 0 Å². The fraction of sp³-hybridized carbons (Fsp3) is 1.00. The SMILES string of the molecule is CC(C)(C)C1(C(C)(C)C)CNC2OC2C1. The Morgan fingerprint density at radius 2 is 1.60 bits per heavy atom. The Morgan fingerprint density at radius 3 is 2.00 bits per heavy atom. The van der Waals surface area contributed by atoms with Crippen LogP contribution in [0.15, 0.2) is 0 Å². The number of fused-ring (bicyclic) bond motifs is 1. The molecular formula is C13H25NO. The lowest BCUT2D eigenvalue weighted by molar-refractivity contribution is -0.0487. The first-order valence-corrected chi connectivity index (χ1v) is 6.06. The van der Waals surface area contributed by atoms with Gasteiger partial charge in [-0.3, -0.25) is 5.32 Å². The molecule has 0 aromatic heterocycles. The third-order valence-corrected chi connectivity index (χ3v) is 4.61. The van der Waals surface area contributed by atoms with Crippen LogP contribution in [0.25, 0.3) is 0 Å². The summed E-state index contributed by atoms with van der Waals surface area (Å²) in [6.07, 6.45) is 2.04. The van der Waals surface area contributed by atoms with E-state index in [1.165, 1.54) is 6.42 Å². The summed E-state index contributed by atoms with van der Waals surface area (Å²) in [5.74, 6) is 0. The monoisotopic (exact) mass is 211 g/mol. The molecule has 2 aliphatic rings. The predicted octanol–water partition coefficient (Wildman–Crippen LogP) is 2.78. The van der Waals surface area contributed by atoms with E-state index in [0.29, 0.717) is 28.6 Å². The maximum Gasteiger partial charge on any atom is 0.135 e. The first kappa shape index (κ1) is 11.4. The average molecular weight is 211 g/mol. The third kappa shape index (κ3) is 1.62. The molecule has 0 aromatic carbocycles. The van der Waals surface area contributed by atoms with Crippen molar-refractivity contribution in [2.45, 2.75) is 60.3 Å². The van der Waals surface area contributed by atoms with Crippen LogP contribution >= 0.6 is 0 Å². The number of ether oxygens (including phenoxy) is 1. The van der Waals surface area contributed by atoms with Crippen molar-refractivity contribution >= 4 is 0 Å². The number of hydrogen-bond acceptors (Lipinski definition) is 2. The van der Waals surface area contributed by atoms with Crippen molar-refractivity contribution in [3.8, 4) is 0 Å². The summed E-state index contributed by atoms with van der Waals surface area (Å²) in [5, 5.41) is 3.54. The van der Waals surface area contributed by atoms with Crippen LogP contribution < -0.4 is 5.32 Å². The average Bonchev–Trinajstić information content (AvgIpc) is 2.75. The third-order valence-electron chi connectivity index (χ3n) is 4.61. The van der Waals surface area contributed by atoms with Crippen LogP contribution in [0.4, 0.5) is 0 Å². The van der Waals surface area contributed by atoms with Gasteiger partial charge in [0.2, 0.25) is 0 Å². The normalized spacial score (nSPS) is 34.8. The standard InChI is InChI=1S/C13H25NO/c1-11(2,3)13(12(4,5)6)7-9-10(15-9)14-8-13/h9-10,14H,7-8H2,1-6H3. The van der Waals surface area contributed by atoms with Gasteiger partial charge in [0.15, 0.2) is 0 Å². The molecule has 2 saturated heterocycles. The maximum absolute atomic E-state index is 5.61. The second kappa shape index (κ2) is 2.98. The molecule has 0 saturated carbocycles. The molecule has 2 heteroatoms. The van der Waals surface area contributed by atoms with Crippen molar-refractivity contribution in [2.75, 3.05) is 6.54 Å². The number of epoxide rings is 1. The Hall–Kier alpha value is -0.0800. The van der Waals surface area contributed by atoms with Gasteiger partial charge in [0.25, 0.3) is 0 Å². The Bertz CT molecular complexity index is 245. The highest BCUT2D eigenvalue weighted by atomic mass is 16.6. The second-order valence-corrected chi connectivity index (χ2v) is 7.26. The molecule has 2 unspecified atom stereocenters. The van der Waals surface area contributed by atoms with Crippen molar-refractivity contribution in [3.05, 3.63) is 0 Å². The van der Waals surface area contributed by atoms with Crippen LogP contribution in [-0.4, -0.2) is 18.9 Å². The first-order chi connectivity index (χ1) is 6.67. The highest BCUT2D eigenvalue weighted by Crippen LogP contribution is 2.58. The van der Waals surface area contributed by atoms with Crippen LogP contribution in [-0.2, 0) is 4.74 Å². The molecule has 2 fully saturated rings. The van der Waals surface area contributed by atoms with Crippen LogP contribution in [0.1, 0.15) is 48.0 Å². The molecule has 0 aromatic rings. The van der Waals surface area contributed by atoms with E-state index in [2.05, 4.69) is 46.9 Å². The van der Waals surface area contributed by atoms with Gasteiger partial charge in [-0.15, -0.1) is 0 Å². The smallest absolute Gasteiger partial charge is 0.135 e. The van der Waals surface area contributed by atoms with E-state index < -0.39 is 0 Å². The summed E-state index contributed by atoms with van der Waals surface area (Å²) >= 11 is 0. The largest absolute Gasteiger partial charge is 0.353 e. The molecule has 2 heterocycles. The molecule has 2 aliphatic heterocycles. The van der Waals surface area contributed by atoms with Crippen LogP contribution in [0, 0.1) is 16.2 Å². The van der Waals surface area contributed by atoms with Gasteiger partial charge in [0.1, 0.15) is 6.23 Å². The molecule has 2 atom stereocenters. The Labute approximate surface area is 93.8 Å². The topological polar surface area (TPSA) is 24.6 Å². The summed E-state index contributed by atoms with van der Waals surface area (Å²) in [6, 6.07) is 0. The van der Waals surface area contributed by atoms with Crippen molar-refractivity contribution in [1.29, 1.82) is 0 Å². The Kier molecular flexibility index (Phi) is 2.27. The minimum atomic E-state index is 0.315. The quantitative estimate of drug-likeness (QED) is 0.623. The molecule has 88 valence electrons. The summed E-state index contributed by atoms with van der Waals surface area (Å²) in [7, 11) is 0. The van der Waals surface area contributed by atoms with Gasteiger partial charge in [-0.2, -0.15) is 0 Å². The van der Waals surface area contributed by atoms with Crippen molar-refractivity contribution in [2.24, 2.45) is 16.2 Å². The summed E-state index contributed by atoms with van der Waals surface area (Å²) < 4.78 is 5.61. The van der Waals surface area contributed by atoms with Crippen LogP contribution in [0.3, 0.4) is 0 Å². The molecular weight excluding hydrogens is 186 g/mol. The molecule has 1 N–H and O–H groups in total. The molecule has 0 spiro atoms. The van der Waals surface area contributed by atoms with Gasteiger partial charge in [0.05, 0.1) is 6.10 Å². The minimum absolute atomic E-state index is 0.315. The summed E-state index contributed by atoms with van der Waals surface area (Å²) in [6.45, 7) is 15.3. The van der Waals surface area contributed by atoms with Gasteiger partial charge in [-0.05, 0) is 22.7 Å². The van der Waals surface area contributed by atoms with E-state index >= 15 is 0 Å². The van der Waals surface area contributed by atoms with Crippen LogP contribution in [0.2, 0.25) is 0 Å². The van der Waals surface area contributed by atoms with E-state index in [0.717, 1.165) is 6.54 Å². The van der Waals surface area contributed by atoms with E-state index in [1.54, 1.807) is 0 Å². The molecule has 15 heavy (non-hydrogen) atoms. The molecule has 0 aliphatic carbocycles. The van der Waals surface area contributed by atoms with Crippen molar-refractivity contribution in [3.63, 3.8) is 0 Å². The number of nitrogens with one attached hydrogen (secondary N) is 1. The van der Waals surface area contributed by atoms with E-state index in [9.17, 15) is 0 Å². The van der Waals surface area contributed by atoms with Gasteiger partial charge in [-0.25, -0.2) is 0 Å². The molecule has 2 rings (SSSR count). The highest BCUT2D eigenvalue weighted by Gasteiger charge is 2.59. The van der Waals surface area contributed by atoms with Crippen molar-refractivity contribution in [1.82, 2.24) is 5.32 Å². The fourth-order valence-electron chi connectivity index (χ4n) is 3.44. The van der Waals surface area contributed by atoms with E-state index in [1.807, 2.05) is 0 Å². The molecule has 0 radical (unpaired) electrons. The van der Waals surface area contributed by atoms with Gasteiger partial charge in [-0.1, -0.05) is 41.5 Å². The lowest BCUT2D eigenvalue weighted by atomic mass is 9.51. The lowest BCUT2D eigenvalue weighted by Crippen LogP contribution is -2.56. The zero-order valence-electron chi connectivity index (χ0n) is 11.0. The number of rotatable bonds is 0. The molecule has 2 nitrogen and oxygen atoms in total. The zero-order valence-corrected chi connectivity index (χ0v) is 11.0. The maximum atomic E-state index is 5.61. The number of hydrogen-bond donors (Lipinski definition) is 1. The Balaban J connectivity index is 2.31. The zero-order chi connectivity index (χ0) is 11.5. The second-order valence-electron chi connectivity index (χ2n) is 7.26. The minimum Gasteiger partial charge on any atom is -0.353 e. The lowest BCUT2D eigenvalue weighted by Gasteiger charge is -2.55. The summed E-state index contributed by atoms with van der Waals surface area (Å²) in [5.41, 5.74) is 0.960. The molecule has 0 bridgehead atoms. The first-order valence-electron chi connectivity index (χ1n) is 6.06. The van der Waals surface area contributed by atoms with Gasteiger partial charge in [0, 0.05) is 6.54 Å². The van der Waals surface area contributed by atoms with E-state index in [4.69, 9.17) is 4.74 Å². The van der Waals surface area contributed by atoms with Gasteiger partial charge < -0.3 is 4.74 Å². The van der Waals surface area contributed by atoms with E-state index in [-0.39, 0.29) is 0 Å². The predicted molar refractivity (Wildman–Crippen MR) is 62.6 cm³/mol. The highest BCUT2D eigenvalue weighted by molar-refractivity contribution is 5.08. The summed E-state index contributed by atoms with van der Waals surface area (Å²) in [4.78, 5) is 0. The van der Waals surface area contributed by atoms with Crippen molar-refractivity contribution < 1.29 is 4.74 Å². The van der Waals surface area contributed by atoms with Crippen LogP contribution in [0.5, 0.6) is 0 Å². The molecule has 0 amide bonds. The number of piperidine rings is 1. The Morgan fingerprint density at radius 1 is 1.07 bits per heavy atom. The fourth-order valence-corrected chi connectivity index (χ4v) is 3.44.